The van der Waals surface area contributed by atoms with E-state index >= 15 is 0 Å². The Hall–Kier alpha value is -1.75. The number of hydrogen-bond donors (Lipinski definition) is 1. The molecular weight excluding hydrogens is 226 g/mol. The molecule has 3 rings (SSSR count). The summed E-state index contributed by atoms with van der Waals surface area (Å²) in [5.74, 6) is 1.41. The lowest BCUT2D eigenvalue weighted by atomic mass is 9.95. The number of nitrogens with one attached hydrogen (secondary N) is 1. The predicted octanol–water partition coefficient (Wildman–Crippen LogP) is 1.34. The van der Waals surface area contributed by atoms with Crippen LogP contribution >= 0.6 is 0 Å². The van der Waals surface area contributed by atoms with Crippen LogP contribution in [0, 0.1) is 0 Å². The second-order valence-corrected chi connectivity index (χ2v) is 4.71. The Bertz CT molecular complexity index is 510. The molecule has 0 radical (unpaired) electrons. The van der Waals surface area contributed by atoms with Gasteiger partial charge in [0.05, 0.1) is 11.9 Å². The van der Waals surface area contributed by atoms with Gasteiger partial charge in [-0.25, -0.2) is 9.97 Å². The van der Waals surface area contributed by atoms with E-state index in [1.807, 2.05) is 30.2 Å². The van der Waals surface area contributed by atoms with Crippen molar-refractivity contribution in [3.63, 3.8) is 0 Å². The van der Waals surface area contributed by atoms with Crippen molar-refractivity contribution in [1.29, 1.82) is 0 Å². The van der Waals surface area contributed by atoms with Gasteiger partial charge in [-0.05, 0) is 25.9 Å². The van der Waals surface area contributed by atoms with Crippen LogP contribution in [0.1, 0.15) is 24.5 Å². The van der Waals surface area contributed by atoms with E-state index in [1.165, 1.54) is 0 Å². The minimum absolute atomic E-state index is 0.550. The number of aromatic nitrogens is 4. The molecule has 5 heteroatoms. The van der Waals surface area contributed by atoms with Crippen LogP contribution in [-0.2, 0) is 7.05 Å². The molecule has 0 saturated carbocycles. The van der Waals surface area contributed by atoms with Crippen molar-refractivity contribution in [2.45, 2.75) is 18.8 Å². The fourth-order valence-corrected chi connectivity index (χ4v) is 2.39. The largest absolute Gasteiger partial charge is 0.333 e. The molecule has 0 bridgehead atoms. The van der Waals surface area contributed by atoms with E-state index in [1.54, 1.807) is 6.20 Å². The first kappa shape index (κ1) is 11.3. The molecule has 0 spiro atoms. The Labute approximate surface area is 106 Å². The molecule has 2 aromatic heterocycles. The number of piperidine rings is 1. The number of nitrogens with zero attached hydrogens (tertiary/aromatic N) is 4. The van der Waals surface area contributed by atoms with Gasteiger partial charge in [-0.3, -0.25) is 4.98 Å². The van der Waals surface area contributed by atoms with Crippen molar-refractivity contribution in [1.82, 2.24) is 24.8 Å². The van der Waals surface area contributed by atoms with Crippen LogP contribution in [0.4, 0.5) is 0 Å². The Kier molecular flexibility index (Phi) is 3.06. The molecule has 0 atom stereocenters. The van der Waals surface area contributed by atoms with Crippen molar-refractivity contribution in [3.8, 4) is 11.5 Å². The van der Waals surface area contributed by atoms with Crippen molar-refractivity contribution >= 4 is 0 Å². The van der Waals surface area contributed by atoms with Gasteiger partial charge in [0.2, 0.25) is 0 Å². The van der Waals surface area contributed by atoms with E-state index in [0.29, 0.717) is 5.92 Å². The molecule has 18 heavy (non-hydrogen) atoms. The second-order valence-electron chi connectivity index (χ2n) is 4.71. The van der Waals surface area contributed by atoms with Gasteiger partial charge in [0.25, 0.3) is 0 Å². The van der Waals surface area contributed by atoms with Crippen LogP contribution in [0.3, 0.4) is 0 Å². The van der Waals surface area contributed by atoms with E-state index < -0.39 is 0 Å². The molecule has 94 valence electrons. The van der Waals surface area contributed by atoms with Crippen molar-refractivity contribution in [2.75, 3.05) is 13.1 Å². The zero-order valence-corrected chi connectivity index (χ0v) is 10.5. The maximum absolute atomic E-state index is 4.56. The monoisotopic (exact) mass is 243 g/mol. The summed E-state index contributed by atoms with van der Waals surface area (Å²) in [6.07, 6.45) is 9.72. The molecule has 0 amide bonds. The molecule has 0 aliphatic carbocycles. The van der Waals surface area contributed by atoms with Crippen molar-refractivity contribution in [3.05, 3.63) is 30.5 Å². The molecule has 1 aliphatic rings. The van der Waals surface area contributed by atoms with E-state index in [4.69, 9.17) is 0 Å². The molecule has 1 N–H and O–H groups in total. The Morgan fingerprint density at radius 2 is 2.00 bits per heavy atom. The fourth-order valence-electron chi connectivity index (χ4n) is 2.39. The third-order valence-electron chi connectivity index (χ3n) is 3.48. The smallest absolute Gasteiger partial charge is 0.159 e. The lowest BCUT2D eigenvalue weighted by Gasteiger charge is -2.21. The van der Waals surface area contributed by atoms with Gasteiger partial charge in [0, 0.05) is 31.6 Å². The lowest BCUT2D eigenvalue weighted by molar-refractivity contribution is 0.452. The van der Waals surface area contributed by atoms with Gasteiger partial charge in [-0.1, -0.05) is 0 Å². The number of aryl methyl sites for hydroxylation is 1. The van der Waals surface area contributed by atoms with Gasteiger partial charge < -0.3 is 9.88 Å². The van der Waals surface area contributed by atoms with Gasteiger partial charge in [0.1, 0.15) is 5.69 Å². The summed E-state index contributed by atoms with van der Waals surface area (Å²) in [6, 6.07) is 0. The third-order valence-corrected chi connectivity index (χ3v) is 3.48. The van der Waals surface area contributed by atoms with E-state index in [-0.39, 0.29) is 0 Å². The normalized spacial score (nSPS) is 16.9. The molecule has 1 aliphatic heterocycles. The number of imidazole rings is 1. The SMILES string of the molecule is Cn1ccnc1-c1cnc(C2CCNCC2)cn1. The predicted molar refractivity (Wildman–Crippen MR) is 69.1 cm³/mol. The Balaban J connectivity index is 1.82. The molecule has 3 heterocycles. The summed E-state index contributed by atoms with van der Waals surface area (Å²) < 4.78 is 1.95. The summed E-state index contributed by atoms with van der Waals surface area (Å²) in [7, 11) is 1.96. The average molecular weight is 243 g/mol. The Morgan fingerprint density at radius 1 is 1.17 bits per heavy atom. The minimum atomic E-state index is 0.550. The van der Waals surface area contributed by atoms with E-state index in [9.17, 15) is 0 Å². The Morgan fingerprint density at radius 3 is 2.61 bits per heavy atom. The highest BCUT2D eigenvalue weighted by atomic mass is 15.1. The van der Waals surface area contributed by atoms with Crippen LogP contribution in [-0.4, -0.2) is 32.6 Å². The van der Waals surface area contributed by atoms with Gasteiger partial charge in [0.15, 0.2) is 5.82 Å². The van der Waals surface area contributed by atoms with Gasteiger partial charge >= 0.3 is 0 Å². The first-order chi connectivity index (χ1) is 8.84. The summed E-state index contributed by atoms with van der Waals surface area (Å²) in [5, 5.41) is 3.36. The van der Waals surface area contributed by atoms with Crippen LogP contribution in [0.5, 0.6) is 0 Å². The van der Waals surface area contributed by atoms with Crippen LogP contribution in [0.2, 0.25) is 0 Å². The van der Waals surface area contributed by atoms with Gasteiger partial charge in [-0.15, -0.1) is 0 Å². The van der Waals surface area contributed by atoms with Crippen LogP contribution in [0.15, 0.2) is 24.8 Å². The summed E-state index contributed by atoms with van der Waals surface area (Å²) in [5.41, 5.74) is 1.94. The van der Waals surface area contributed by atoms with Crippen molar-refractivity contribution < 1.29 is 0 Å². The quantitative estimate of drug-likeness (QED) is 0.865. The maximum Gasteiger partial charge on any atom is 0.159 e. The zero-order valence-electron chi connectivity index (χ0n) is 10.5. The standard InChI is InChI=1S/C13H17N5/c1-18-7-6-15-13(18)12-9-16-11(8-17-12)10-2-4-14-5-3-10/h6-10,14H,2-5H2,1H3. The topological polar surface area (TPSA) is 55.6 Å². The van der Waals surface area contributed by atoms with Crippen LogP contribution < -0.4 is 5.32 Å². The lowest BCUT2D eigenvalue weighted by Crippen LogP contribution is -2.27. The molecular formula is C13H17N5. The fraction of sp³-hybridized carbons (Fsp3) is 0.462. The minimum Gasteiger partial charge on any atom is -0.333 e. The number of rotatable bonds is 2. The molecule has 1 fully saturated rings. The highest BCUT2D eigenvalue weighted by Gasteiger charge is 2.17. The molecule has 1 saturated heterocycles. The van der Waals surface area contributed by atoms with E-state index in [2.05, 4.69) is 20.3 Å². The van der Waals surface area contributed by atoms with Crippen molar-refractivity contribution in [2.24, 2.45) is 7.05 Å². The zero-order chi connectivity index (χ0) is 12.4. The molecule has 5 nitrogen and oxygen atoms in total. The highest BCUT2D eigenvalue weighted by Crippen LogP contribution is 2.23. The third kappa shape index (κ3) is 2.13. The molecule has 2 aromatic rings. The summed E-state index contributed by atoms with van der Waals surface area (Å²) in [4.78, 5) is 13.3. The maximum atomic E-state index is 4.56. The van der Waals surface area contributed by atoms with E-state index in [0.717, 1.165) is 43.1 Å². The first-order valence-corrected chi connectivity index (χ1v) is 6.35. The molecule has 0 aromatic carbocycles. The molecule has 0 unspecified atom stereocenters. The first-order valence-electron chi connectivity index (χ1n) is 6.35. The summed E-state index contributed by atoms with van der Waals surface area (Å²) >= 11 is 0. The highest BCUT2D eigenvalue weighted by molar-refractivity contribution is 5.47. The summed E-state index contributed by atoms with van der Waals surface area (Å²) in [6.45, 7) is 2.15. The van der Waals surface area contributed by atoms with Gasteiger partial charge in [-0.2, -0.15) is 0 Å². The second kappa shape index (κ2) is 4.86. The average Bonchev–Trinajstić information content (AvgIpc) is 2.86. The number of hydrogen-bond acceptors (Lipinski definition) is 4. The van der Waals surface area contributed by atoms with Crippen LogP contribution in [0.25, 0.3) is 11.5 Å².